The number of hydrogen-bond donors (Lipinski definition) is 1. The molecule has 1 N–H and O–H groups in total. The first-order chi connectivity index (χ1) is 13.7. The zero-order valence-corrected chi connectivity index (χ0v) is 16.5. The lowest BCUT2D eigenvalue weighted by atomic mass is 10.0. The van der Waals surface area contributed by atoms with Gasteiger partial charge >= 0.3 is 0 Å². The third-order valence-corrected chi connectivity index (χ3v) is 4.57. The Kier molecular flexibility index (Phi) is 6.90. The molecule has 3 aromatic rings. The molecule has 1 amide bonds. The average molecular weight is 377 g/mol. The molecular formula is C24H27NO3. The zero-order valence-electron chi connectivity index (χ0n) is 16.5. The van der Waals surface area contributed by atoms with Gasteiger partial charge in [-0.05, 0) is 54.3 Å². The molecule has 28 heavy (non-hydrogen) atoms. The van der Waals surface area contributed by atoms with Crippen molar-refractivity contribution in [3.8, 4) is 11.5 Å². The Morgan fingerprint density at radius 3 is 2.46 bits per heavy atom. The van der Waals surface area contributed by atoms with Crippen LogP contribution < -0.4 is 14.8 Å². The Labute approximate surface area is 166 Å². The molecule has 146 valence electrons. The summed E-state index contributed by atoms with van der Waals surface area (Å²) in [4.78, 5) is 12.4. The molecule has 0 radical (unpaired) electrons. The van der Waals surface area contributed by atoms with E-state index in [0.29, 0.717) is 26.2 Å². The third-order valence-electron chi connectivity index (χ3n) is 4.57. The van der Waals surface area contributed by atoms with E-state index in [1.54, 1.807) is 0 Å². The summed E-state index contributed by atoms with van der Waals surface area (Å²) in [5.74, 6) is 1.55. The highest BCUT2D eigenvalue weighted by atomic mass is 16.5. The van der Waals surface area contributed by atoms with Crippen LogP contribution in [0.25, 0.3) is 10.8 Å². The number of benzene rings is 3. The number of rotatable bonds is 9. The van der Waals surface area contributed by atoms with Crippen LogP contribution in [0.5, 0.6) is 11.5 Å². The lowest BCUT2D eigenvalue weighted by Gasteiger charge is -2.13. The second kappa shape index (κ2) is 9.79. The summed E-state index contributed by atoms with van der Waals surface area (Å²) in [5, 5.41) is 5.31. The Balaban J connectivity index is 1.57. The molecule has 0 heterocycles. The van der Waals surface area contributed by atoms with E-state index in [-0.39, 0.29) is 5.91 Å². The number of fused-ring (bicyclic) bond motifs is 1. The maximum Gasteiger partial charge on any atom is 0.224 e. The van der Waals surface area contributed by atoms with Crippen LogP contribution in [-0.4, -0.2) is 25.7 Å². The van der Waals surface area contributed by atoms with Crippen LogP contribution in [0.2, 0.25) is 0 Å². The summed E-state index contributed by atoms with van der Waals surface area (Å²) < 4.78 is 11.3. The van der Waals surface area contributed by atoms with Crippen LogP contribution in [-0.2, 0) is 17.6 Å². The molecule has 0 atom stereocenters. The number of carbonyl (C=O) groups excluding carboxylic acids is 1. The first kappa shape index (κ1) is 19.7. The maximum atomic E-state index is 12.4. The van der Waals surface area contributed by atoms with Gasteiger partial charge in [0, 0.05) is 6.54 Å². The minimum absolute atomic E-state index is 0.0346. The Hall–Kier alpha value is -3.01. The lowest BCUT2D eigenvalue weighted by molar-refractivity contribution is -0.120. The molecule has 0 aliphatic carbocycles. The van der Waals surface area contributed by atoms with Crippen molar-refractivity contribution < 1.29 is 14.3 Å². The van der Waals surface area contributed by atoms with Crippen molar-refractivity contribution in [2.24, 2.45) is 0 Å². The highest BCUT2D eigenvalue weighted by Crippen LogP contribution is 2.28. The fourth-order valence-electron chi connectivity index (χ4n) is 3.28. The van der Waals surface area contributed by atoms with E-state index in [0.717, 1.165) is 39.8 Å². The maximum absolute atomic E-state index is 12.4. The Morgan fingerprint density at radius 2 is 1.64 bits per heavy atom. The van der Waals surface area contributed by atoms with Gasteiger partial charge in [-0.3, -0.25) is 4.79 Å². The highest BCUT2D eigenvalue weighted by molar-refractivity contribution is 5.90. The van der Waals surface area contributed by atoms with Crippen molar-refractivity contribution in [2.45, 2.75) is 26.7 Å². The van der Waals surface area contributed by atoms with Gasteiger partial charge < -0.3 is 14.8 Å². The summed E-state index contributed by atoms with van der Waals surface area (Å²) >= 11 is 0. The van der Waals surface area contributed by atoms with Gasteiger partial charge in [0.05, 0.1) is 19.6 Å². The number of nitrogens with one attached hydrogen (secondary N) is 1. The summed E-state index contributed by atoms with van der Waals surface area (Å²) in [5.41, 5.74) is 2.16. The van der Waals surface area contributed by atoms with Crippen LogP contribution in [0, 0.1) is 0 Å². The van der Waals surface area contributed by atoms with Crippen LogP contribution in [0.1, 0.15) is 25.0 Å². The van der Waals surface area contributed by atoms with Gasteiger partial charge in [-0.1, -0.05) is 48.5 Å². The van der Waals surface area contributed by atoms with Crippen molar-refractivity contribution in [3.05, 3.63) is 71.8 Å². The van der Waals surface area contributed by atoms with Crippen LogP contribution in [0.4, 0.5) is 0 Å². The van der Waals surface area contributed by atoms with Gasteiger partial charge in [0.15, 0.2) is 11.5 Å². The summed E-state index contributed by atoms with van der Waals surface area (Å²) in [6.45, 7) is 5.68. The van der Waals surface area contributed by atoms with Gasteiger partial charge in [-0.25, -0.2) is 0 Å². The smallest absolute Gasteiger partial charge is 0.224 e. The van der Waals surface area contributed by atoms with E-state index in [1.165, 1.54) is 0 Å². The van der Waals surface area contributed by atoms with Gasteiger partial charge in [0.25, 0.3) is 0 Å². The van der Waals surface area contributed by atoms with E-state index in [2.05, 4.69) is 23.5 Å². The molecule has 4 heteroatoms. The summed E-state index contributed by atoms with van der Waals surface area (Å²) in [6.07, 6.45) is 1.13. The van der Waals surface area contributed by atoms with E-state index in [4.69, 9.17) is 9.47 Å². The number of hydrogen-bond acceptors (Lipinski definition) is 3. The van der Waals surface area contributed by atoms with E-state index in [9.17, 15) is 4.79 Å². The molecule has 0 bridgehead atoms. The van der Waals surface area contributed by atoms with E-state index >= 15 is 0 Å². The summed E-state index contributed by atoms with van der Waals surface area (Å²) in [6, 6.07) is 20.2. The minimum Gasteiger partial charge on any atom is -0.490 e. The molecule has 0 saturated heterocycles. The van der Waals surface area contributed by atoms with Crippen molar-refractivity contribution >= 4 is 16.7 Å². The van der Waals surface area contributed by atoms with Crippen molar-refractivity contribution in [1.82, 2.24) is 5.32 Å². The van der Waals surface area contributed by atoms with E-state index in [1.807, 2.05) is 56.3 Å². The second-order valence-electron chi connectivity index (χ2n) is 6.56. The van der Waals surface area contributed by atoms with Gasteiger partial charge in [0.2, 0.25) is 5.91 Å². The Morgan fingerprint density at radius 1 is 0.893 bits per heavy atom. The minimum atomic E-state index is 0.0346. The number of carbonyl (C=O) groups is 1. The molecular weight excluding hydrogens is 350 g/mol. The first-order valence-electron chi connectivity index (χ1n) is 9.83. The van der Waals surface area contributed by atoms with Crippen LogP contribution in [0.3, 0.4) is 0 Å². The van der Waals surface area contributed by atoms with Crippen LogP contribution in [0.15, 0.2) is 60.7 Å². The predicted octanol–water partition coefficient (Wildman–Crippen LogP) is 4.54. The molecule has 3 rings (SSSR count). The number of ether oxygens (including phenoxy) is 2. The molecule has 0 aromatic heterocycles. The molecule has 0 fully saturated rings. The monoisotopic (exact) mass is 377 g/mol. The molecule has 0 aliphatic heterocycles. The highest BCUT2D eigenvalue weighted by Gasteiger charge is 2.08. The summed E-state index contributed by atoms with van der Waals surface area (Å²) in [7, 11) is 0. The molecule has 0 aliphatic rings. The average Bonchev–Trinajstić information content (AvgIpc) is 2.70. The topological polar surface area (TPSA) is 47.6 Å². The standard InChI is InChI=1S/C24H27NO3/c1-3-27-22-13-12-18(16-23(22)28-4-2)14-15-25-24(26)17-20-10-7-9-19-8-5-6-11-21(19)20/h5-13,16H,3-4,14-15,17H2,1-2H3,(H,25,26). The van der Waals surface area contributed by atoms with Crippen molar-refractivity contribution in [2.75, 3.05) is 19.8 Å². The van der Waals surface area contributed by atoms with Crippen molar-refractivity contribution in [3.63, 3.8) is 0 Å². The van der Waals surface area contributed by atoms with Gasteiger partial charge in [0.1, 0.15) is 0 Å². The molecule has 0 saturated carbocycles. The number of amides is 1. The van der Waals surface area contributed by atoms with Crippen molar-refractivity contribution in [1.29, 1.82) is 0 Å². The quantitative estimate of drug-likeness (QED) is 0.596. The molecule has 3 aromatic carbocycles. The van der Waals surface area contributed by atoms with Crippen LogP contribution >= 0.6 is 0 Å². The first-order valence-corrected chi connectivity index (χ1v) is 9.83. The third kappa shape index (κ3) is 5.03. The fraction of sp³-hybridized carbons (Fsp3) is 0.292. The molecule has 0 spiro atoms. The molecule has 0 unspecified atom stereocenters. The zero-order chi connectivity index (χ0) is 19.8. The lowest BCUT2D eigenvalue weighted by Crippen LogP contribution is -2.27. The normalized spacial score (nSPS) is 10.6. The van der Waals surface area contributed by atoms with Gasteiger partial charge in [-0.15, -0.1) is 0 Å². The largest absolute Gasteiger partial charge is 0.490 e. The fourth-order valence-corrected chi connectivity index (χ4v) is 3.28. The predicted molar refractivity (Wildman–Crippen MR) is 113 cm³/mol. The SMILES string of the molecule is CCOc1ccc(CCNC(=O)Cc2cccc3ccccc23)cc1OCC. The van der Waals surface area contributed by atoms with Gasteiger partial charge in [-0.2, -0.15) is 0 Å². The second-order valence-corrected chi connectivity index (χ2v) is 6.56. The van der Waals surface area contributed by atoms with E-state index < -0.39 is 0 Å². The molecule has 4 nitrogen and oxygen atoms in total. The Bertz CT molecular complexity index is 931.